The van der Waals surface area contributed by atoms with E-state index in [9.17, 15) is 0 Å². The molecule has 250 valence electrons. The van der Waals surface area contributed by atoms with Gasteiger partial charge in [-0.2, -0.15) is 0 Å². The molecule has 0 saturated heterocycles. The van der Waals surface area contributed by atoms with E-state index in [-0.39, 0.29) is 0 Å². The quantitative estimate of drug-likeness (QED) is 0.174. The molecule has 3 heteroatoms. The number of aliphatic imine (C=N–C) groups is 1. The van der Waals surface area contributed by atoms with Gasteiger partial charge in [-0.05, 0) is 93.4 Å². The number of hydrogen-bond donors (Lipinski definition) is 0. The van der Waals surface area contributed by atoms with Gasteiger partial charge >= 0.3 is 0 Å². The highest BCUT2D eigenvalue weighted by Crippen LogP contribution is 2.41. The van der Waals surface area contributed by atoms with Crippen molar-refractivity contribution >= 4 is 76.8 Å². The van der Waals surface area contributed by atoms with Crippen molar-refractivity contribution < 1.29 is 8.83 Å². The predicted molar refractivity (Wildman–Crippen MR) is 221 cm³/mol. The average molecular weight is 680 g/mol. The molecule has 0 saturated carbocycles. The Bertz CT molecular complexity index is 3120. The van der Waals surface area contributed by atoms with Crippen LogP contribution in [0.3, 0.4) is 0 Å². The number of fused-ring (bicyclic) bond motifs is 9. The number of benzene rings is 8. The molecule has 0 N–H and O–H groups in total. The zero-order valence-corrected chi connectivity index (χ0v) is 28.9. The number of rotatable bonds is 4. The largest absolute Gasteiger partial charge is 0.456 e. The third-order valence-electron chi connectivity index (χ3n) is 11.1. The fourth-order valence-corrected chi connectivity index (χ4v) is 8.56. The van der Waals surface area contributed by atoms with Crippen molar-refractivity contribution in [3.05, 3.63) is 187 Å². The minimum absolute atomic E-state index is 0.294. The maximum Gasteiger partial charge on any atom is 0.136 e. The van der Waals surface area contributed by atoms with Crippen LogP contribution in [0.1, 0.15) is 35.4 Å². The van der Waals surface area contributed by atoms with E-state index in [1.54, 1.807) is 0 Å². The summed E-state index contributed by atoms with van der Waals surface area (Å²) in [4.78, 5) is 5.55. The van der Waals surface area contributed by atoms with E-state index < -0.39 is 0 Å². The van der Waals surface area contributed by atoms with Crippen molar-refractivity contribution in [3.8, 4) is 11.1 Å². The monoisotopic (exact) mass is 679 g/mol. The smallest absolute Gasteiger partial charge is 0.136 e. The number of hydrogen-bond acceptors (Lipinski definition) is 3. The lowest BCUT2D eigenvalue weighted by molar-refractivity contribution is 0.668. The molecule has 0 radical (unpaired) electrons. The van der Waals surface area contributed by atoms with Crippen molar-refractivity contribution in [3.63, 3.8) is 0 Å². The maximum atomic E-state index is 6.67. The first-order valence-corrected chi connectivity index (χ1v) is 18.4. The topological polar surface area (TPSA) is 38.6 Å². The van der Waals surface area contributed by atoms with Crippen LogP contribution in [-0.2, 0) is 0 Å². The minimum Gasteiger partial charge on any atom is -0.456 e. The van der Waals surface area contributed by atoms with Crippen molar-refractivity contribution in [1.29, 1.82) is 0 Å². The first-order chi connectivity index (χ1) is 26.2. The van der Waals surface area contributed by atoms with E-state index >= 15 is 0 Å². The lowest BCUT2D eigenvalue weighted by Gasteiger charge is -2.16. The van der Waals surface area contributed by atoms with Gasteiger partial charge in [-0.25, -0.2) is 0 Å². The second kappa shape index (κ2) is 11.9. The molecule has 0 spiro atoms. The Labute approximate surface area is 306 Å². The van der Waals surface area contributed by atoms with E-state index in [0.717, 1.165) is 90.4 Å². The fraction of sp³-hybridized carbons (Fsp3) is 0.0600. The van der Waals surface area contributed by atoms with E-state index in [4.69, 9.17) is 13.8 Å². The number of furan rings is 2. The van der Waals surface area contributed by atoms with Crippen molar-refractivity contribution in [2.75, 3.05) is 0 Å². The van der Waals surface area contributed by atoms with Crippen LogP contribution < -0.4 is 0 Å². The standard InChI is InChI=1S/C50H33NO2/c1-2-10-31(11-3-1)33-24-27-43(36-23-25-38-34(28-36)21-20-32-12-4-5-13-37(32)38)51-44(29-33)40-16-9-19-47-50(40)42-26-22-35(30-48(42)53-47)39-15-8-18-46-49(39)41-14-6-7-17-45(41)52-46/h1-23,25-28,30,33H,24,29H2. The van der Waals surface area contributed by atoms with Gasteiger partial charge in [0.15, 0.2) is 0 Å². The molecule has 1 unspecified atom stereocenters. The van der Waals surface area contributed by atoms with E-state index in [1.165, 1.54) is 27.1 Å². The zero-order valence-electron chi connectivity index (χ0n) is 28.9. The first-order valence-electron chi connectivity index (χ1n) is 18.4. The van der Waals surface area contributed by atoms with Gasteiger partial charge in [-0.15, -0.1) is 0 Å². The normalized spacial score (nSPS) is 15.1. The molecule has 3 nitrogen and oxygen atoms in total. The van der Waals surface area contributed by atoms with Crippen molar-refractivity contribution in [1.82, 2.24) is 0 Å². The highest BCUT2D eigenvalue weighted by atomic mass is 16.3. The Morgan fingerprint density at radius 3 is 1.98 bits per heavy atom. The molecular weight excluding hydrogens is 647 g/mol. The second-order valence-electron chi connectivity index (χ2n) is 14.2. The summed E-state index contributed by atoms with van der Waals surface area (Å²) in [6.07, 6.45) is 4.07. The molecule has 0 fully saturated rings. The molecule has 1 aliphatic heterocycles. The van der Waals surface area contributed by atoms with E-state index in [0.29, 0.717) is 5.92 Å². The summed E-state index contributed by atoms with van der Waals surface area (Å²) in [5.74, 6) is 0.294. The summed E-state index contributed by atoms with van der Waals surface area (Å²) in [6, 6.07) is 58.3. The first kappa shape index (κ1) is 30.0. The highest BCUT2D eigenvalue weighted by Gasteiger charge is 2.23. The van der Waals surface area contributed by atoms with Gasteiger partial charge in [0.05, 0.1) is 5.70 Å². The molecule has 8 aromatic carbocycles. The molecule has 2 aromatic heterocycles. The van der Waals surface area contributed by atoms with Gasteiger partial charge in [-0.1, -0.05) is 133 Å². The van der Waals surface area contributed by atoms with Gasteiger partial charge < -0.3 is 8.83 Å². The van der Waals surface area contributed by atoms with Gasteiger partial charge in [0, 0.05) is 38.4 Å². The Hall–Kier alpha value is -6.71. The van der Waals surface area contributed by atoms with Gasteiger partial charge in [0.2, 0.25) is 0 Å². The Morgan fingerprint density at radius 1 is 0.453 bits per heavy atom. The van der Waals surface area contributed by atoms with Crippen LogP contribution in [0.15, 0.2) is 184 Å². The number of para-hydroxylation sites is 1. The highest BCUT2D eigenvalue weighted by molar-refractivity contribution is 6.20. The summed E-state index contributed by atoms with van der Waals surface area (Å²) in [7, 11) is 0. The molecule has 0 bridgehead atoms. The maximum absolute atomic E-state index is 6.67. The summed E-state index contributed by atoms with van der Waals surface area (Å²) in [5, 5.41) is 9.46. The number of nitrogens with zero attached hydrogens (tertiary/aromatic N) is 1. The van der Waals surface area contributed by atoms with Crippen molar-refractivity contribution in [2.24, 2.45) is 4.99 Å². The third-order valence-corrected chi connectivity index (χ3v) is 11.1. The fourth-order valence-electron chi connectivity index (χ4n) is 8.56. The Morgan fingerprint density at radius 2 is 1.09 bits per heavy atom. The average Bonchev–Trinajstić information content (AvgIpc) is 3.71. The van der Waals surface area contributed by atoms with Crippen LogP contribution in [0.5, 0.6) is 0 Å². The minimum atomic E-state index is 0.294. The lowest BCUT2D eigenvalue weighted by Crippen LogP contribution is -2.08. The van der Waals surface area contributed by atoms with Crippen LogP contribution in [0.4, 0.5) is 0 Å². The Kier molecular flexibility index (Phi) is 6.75. The van der Waals surface area contributed by atoms with Gasteiger partial charge in [-0.3, -0.25) is 4.99 Å². The molecule has 11 rings (SSSR count). The van der Waals surface area contributed by atoms with Crippen LogP contribution in [0, 0.1) is 0 Å². The van der Waals surface area contributed by atoms with Crippen LogP contribution in [-0.4, -0.2) is 5.71 Å². The van der Waals surface area contributed by atoms with Crippen molar-refractivity contribution in [2.45, 2.75) is 18.8 Å². The molecule has 1 aliphatic rings. The summed E-state index contributed by atoms with van der Waals surface area (Å²) in [5.41, 5.74) is 11.4. The number of allylic oxidation sites excluding steroid dienone is 1. The SMILES string of the molecule is C1=C(c2ccc3c(ccc4ccccc43)c2)N=C(c2cccc3oc4cc(-c5cccc6oc7ccccc7c56)ccc4c23)CC(c2ccccc2)C1. The van der Waals surface area contributed by atoms with Crippen LogP contribution >= 0.6 is 0 Å². The molecule has 0 aliphatic carbocycles. The molecule has 1 atom stereocenters. The summed E-state index contributed by atoms with van der Waals surface area (Å²) < 4.78 is 12.9. The summed E-state index contributed by atoms with van der Waals surface area (Å²) >= 11 is 0. The molecular formula is C50H33NO2. The van der Waals surface area contributed by atoms with E-state index in [1.807, 2.05) is 18.2 Å². The predicted octanol–water partition coefficient (Wildman–Crippen LogP) is 13.9. The van der Waals surface area contributed by atoms with E-state index in [2.05, 4.69) is 152 Å². The second-order valence-corrected chi connectivity index (χ2v) is 14.2. The van der Waals surface area contributed by atoms with Gasteiger partial charge in [0.25, 0.3) is 0 Å². The van der Waals surface area contributed by atoms with Crippen LogP contribution in [0.25, 0.3) is 82.2 Å². The molecule has 53 heavy (non-hydrogen) atoms. The molecule has 3 heterocycles. The molecule has 10 aromatic rings. The van der Waals surface area contributed by atoms with Gasteiger partial charge in [0.1, 0.15) is 22.3 Å². The van der Waals surface area contributed by atoms with Crippen LogP contribution in [0.2, 0.25) is 0 Å². The Balaban J connectivity index is 1.06. The summed E-state index contributed by atoms with van der Waals surface area (Å²) in [6.45, 7) is 0. The molecule has 0 amide bonds. The lowest BCUT2D eigenvalue weighted by atomic mass is 9.88. The zero-order chi connectivity index (χ0) is 34.9. The third kappa shape index (κ3) is 4.92.